The molecule has 0 unspecified atom stereocenters. The highest BCUT2D eigenvalue weighted by atomic mass is 35.5. The Morgan fingerprint density at radius 3 is 2.61 bits per heavy atom. The predicted molar refractivity (Wildman–Crippen MR) is 93.4 cm³/mol. The van der Waals surface area contributed by atoms with E-state index in [-0.39, 0.29) is 5.91 Å². The van der Waals surface area contributed by atoms with Crippen molar-refractivity contribution in [2.24, 2.45) is 0 Å². The Morgan fingerprint density at radius 1 is 1.17 bits per heavy atom. The summed E-state index contributed by atoms with van der Waals surface area (Å²) >= 11 is 6.14. The standard InChI is InChI=1S/C18H18ClNO3/c1-12-5-4-6-14(9-12)20-17(21)8-7-13-10-15(19)18(23-3)16(11-13)22-2/h4-11H,1-3H3,(H,20,21)/b8-7+. The first-order valence-corrected chi connectivity index (χ1v) is 7.38. The molecule has 0 heterocycles. The number of anilines is 1. The third-order valence-corrected chi connectivity index (χ3v) is 3.45. The van der Waals surface area contributed by atoms with Crippen LogP contribution in [0, 0.1) is 6.92 Å². The van der Waals surface area contributed by atoms with E-state index in [2.05, 4.69) is 5.32 Å². The topological polar surface area (TPSA) is 47.6 Å². The zero-order chi connectivity index (χ0) is 16.8. The number of benzene rings is 2. The van der Waals surface area contributed by atoms with Gasteiger partial charge in [-0.25, -0.2) is 0 Å². The van der Waals surface area contributed by atoms with Crippen LogP contribution in [0.3, 0.4) is 0 Å². The van der Waals surface area contributed by atoms with Crippen molar-refractivity contribution in [3.05, 3.63) is 58.6 Å². The van der Waals surface area contributed by atoms with Gasteiger partial charge in [-0.1, -0.05) is 23.7 Å². The maximum absolute atomic E-state index is 12.0. The van der Waals surface area contributed by atoms with Gasteiger partial charge in [-0.15, -0.1) is 0 Å². The quantitative estimate of drug-likeness (QED) is 0.830. The largest absolute Gasteiger partial charge is 0.493 e. The average molecular weight is 332 g/mol. The van der Waals surface area contributed by atoms with Crippen LogP contribution in [-0.2, 0) is 4.79 Å². The third-order valence-electron chi connectivity index (χ3n) is 3.17. The van der Waals surface area contributed by atoms with E-state index in [1.165, 1.54) is 20.3 Å². The van der Waals surface area contributed by atoms with Crippen molar-refractivity contribution in [3.63, 3.8) is 0 Å². The first kappa shape index (κ1) is 16.9. The van der Waals surface area contributed by atoms with Gasteiger partial charge in [0.05, 0.1) is 19.2 Å². The Hall–Kier alpha value is -2.46. The van der Waals surface area contributed by atoms with Crippen molar-refractivity contribution >= 4 is 29.3 Å². The first-order chi connectivity index (χ1) is 11.0. The highest BCUT2D eigenvalue weighted by molar-refractivity contribution is 6.32. The number of nitrogens with one attached hydrogen (secondary N) is 1. The number of carbonyl (C=O) groups is 1. The predicted octanol–water partition coefficient (Wildman–Crippen LogP) is 4.32. The molecular weight excluding hydrogens is 314 g/mol. The highest BCUT2D eigenvalue weighted by Crippen LogP contribution is 2.36. The molecule has 0 aromatic heterocycles. The van der Waals surface area contributed by atoms with Gasteiger partial charge >= 0.3 is 0 Å². The van der Waals surface area contributed by atoms with E-state index >= 15 is 0 Å². The summed E-state index contributed by atoms with van der Waals surface area (Å²) in [7, 11) is 3.06. The van der Waals surface area contributed by atoms with Crippen LogP contribution < -0.4 is 14.8 Å². The number of hydrogen-bond donors (Lipinski definition) is 1. The number of rotatable bonds is 5. The number of halogens is 1. The minimum atomic E-state index is -0.221. The molecule has 1 amide bonds. The molecule has 0 aliphatic heterocycles. The number of methoxy groups -OCH3 is 2. The lowest BCUT2D eigenvalue weighted by Crippen LogP contribution is -2.07. The molecule has 0 spiro atoms. The van der Waals surface area contributed by atoms with Crippen LogP contribution in [0.2, 0.25) is 5.02 Å². The fourth-order valence-corrected chi connectivity index (χ4v) is 2.41. The summed E-state index contributed by atoms with van der Waals surface area (Å²) in [6.07, 6.45) is 3.11. The minimum absolute atomic E-state index is 0.221. The summed E-state index contributed by atoms with van der Waals surface area (Å²) in [6, 6.07) is 11.1. The number of aryl methyl sites for hydroxylation is 1. The second kappa shape index (κ2) is 7.70. The SMILES string of the molecule is COc1cc(/C=C/C(=O)Nc2cccc(C)c2)cc(Cl)c1OC. The molecule has 2 aromatic rings. The monoisotopic (exact) mass is 331 g/mol. The van der Waals surface area contributed by atoms with Crippen LogP contribution in [0.25, 0.3) is 6.08 Å². The van der Waals surface area contributed by atoms with E-state index in [0.717, 1.165) is 16.8 Å². The number of carbonyl (C=O) groups excluding carboxylic acids is 1. The van der Waals surface area contributed by atoms with Crippen molar-refractivity contribution in [2.45, 2.75) is 6.92 Å². The van der Waals surface area contributed by atoms with Gasteiger partial charge < -0.3 is 14.8 Å². The molecule has 0 saturated heterocycles. The Morgan fingerprint density at radius 2 is 1.96 bits per heavy atom. The van der Waals surface area contributed by atoms with Gasteiger partial charge in [0.25, 0.3) is 0 Å². The molecule has 0 aliphatic carbocycles. The lowest BCUT2D eigenvalue weighted by molar-refractivity contribution is -0.111. The molecule has 23 heavy (non-hydrogen) atoms. The van der Waals surface area contributed by atoms with Crippen molar-refractivity contribution in [1.82, 2.24) is 0 Å². The summed E-state index contributed by atoms with van der Waals surface area (Å²) in [5, 5.41) is 3.23. The maximum atomic E-state index is 12.0. The van der Waals surface area contributed by atoms with Gasteiger partial charge in [0.1, 0.15) is 0 Å². The number of ether oxygens (including phenoxy) is 2. The van der Waals surface area contributed by atoms with Gasteiger partial charge in [-0.2, -0.15) is 0 Å². The normalized spacial score (nSPS) is 10.6. The molecule has 0 saturated carbocycles. The van der Waals surface area contributed by atoms with Gasteiger partial charge in [-0.3, -0.25) is 4.79 Å². The van der Waals surface area contributed by atoms with Crippen molar-refractivity contribution in [3.8, 4) is 11.5 Å². The van der Waals surface area contributed by atoms with Gasteiger partial charge in [-0.05, 0) is 48.4 Å². The summed E-state index contributed by atoms with van der Waals surface area (Å²) in [5.41, 5.74) is 2.58. The summed E-state index contributed by atoms with van der Waals surface area (Å²) < 4.78 is 10.4. The smallest absolute Gasteiger partial charge is 0.248 e. The van der Waals surface area contributed by atoms with E-state index in [1.807, 2.05) is 31.2 Å². The van der Waals surface area contributed by atoms with Crippen molar-refractivity contribution < 1.29 is 14.3 Å². The minimum Gasteiger partial charge on any atom is -0.493 e. The Balaban J connectivity index is 2.13. The highest BCUT2D eigenvalue weighted by Gasteiger charge is 2.09. The molecule has 4 nitrogen and oxygen atoms in total. The number of amides is 1. The second-order valence-electron chi connectivity index (χ2n) is 4.93. The zero-order valence-corrected chi connectivity index (χ0v) is 14.0. The summed E-state index contributed by atoms with van der Waals surface area (Å²) in [5.74, 6) is 0.760. The van der Waals surface area contributed by atoms with Gasteiger partial charge in [0.15, 0.2) is 11.5 Å². The second-order valence-corrected chi connectivity index (χ2v) is 5.34. The van der Waals surface area contributed by atoms with E-state index < -0.39 is 0 Å². The average Bonchev–Trinajstić information content (AvgIpc) is 2.52. The number of hydrogen-bond acceptors (Lipinski definition) is 3. The Labute approximate surface area is 140 Å². The summed E-state index contributed by atoms with van der Waals surface area (Å²) in [4.78, 5) is 12.0. The van der Waals surface area contributed by atoms with E-state index in [9.17, 15) is 4.79 Å². The summed E-state index contributed by atoms with van der Waals surface area (Å²) in [6.45, 7) is 1.97. The zero-order valence-electron chi connectivity index (χ0n) is 13.2. The molecule has 1 N–H and O–H groups in total. The molecule has 2 rings (SSSR count). The first-order valence-electron chi connectivity index (χ1n) is 7.00. The third kappa shape index (κ3) is 4.50. The van der Waals surface area contributed by atoms with E-state index in [1.54, 1.807) is 18.2 Å². The van der Waals surface area contributed by atoms with Crippen LogP contribution in [0.1, 0.15) is 11.1 Å². The van der Waals surface area contributed by atoms with E-state index in [0.29, 0.717) is 16.5 Å². The molecule has 120 valence electrons. The van der Waals surface area contributed by atoms with Crippen LogP contribution in [0.15, 0.2) is 42.5 Å². The van der Waals surface area contributed by atoms with Crippen molar-refractivity contribution in [1.29, 1.82) is 0 Å². The molecule has 0 aliphatic rings. The molecule has 0 atom stereocenters. The van der Waals surface area contributed by atoms with Crippen LogP contribution >= 0.6 is 11.6 Å². The molecule has 2 aromatic carbocycles. The Kier molecular flexibility index (Phi) is 5.66. The van der Waals surface area contributed by atoms with Crippen LogP contribution in [-0.4, -0.2) is 20.1 Å². The van der Waals surface area contributed by atoms with Gasteiger partial charge in [0, 0.05) is 11.8 Å². The van der Waals surface area contributed by atoms with Gasteiger partial charge in [0.2, 0.25) is 5.91 Å². The fourth-order valence-electron chi connectivity index (χ4n) is 2.11. The lowest BCUT2D eigenvalue weighted by Gasteiger charge is -2.10. The molecule has 0 bridgehead atoms. The maximum Gasteiger partial charge on any atom is 0.248 e. The van der Waals surface area contributed by atoms with Crippen molar-refractivity contribution in [2.75, 3.05) is 19.5 Å². The van der Waals surface area contributed by atoms with Crippen LogP contribution in [0.5, 0.6) is 11.5 Å². The molecule has 0 radical (unpaired) electrons. The lowest BCUT2D eigenvalue weighted by atomic mass is 10.2. The molecule has 5 heteroatoms. The Bertz CT molecular complexity index is 741. The molecule has 0 fully saturated rings. The fraction of sp³-hybridized carbons (Fsp3) is 0.167. The van der Waals surface area contributed by atoms with E-state index in [4.69, 9.17) is 21.1 Å². The van der Waals surface area contributed by atoms with Crippen LogP contribution in [0.4, 0.5) is 5.69 Å². The molecular formula is C18H18ClNO3.